The third-order valence-corrected chi connectivity index (χ3v) is 3.98. The SMILES string of the molecule is O=CC1(C2(C=O)CC2)CCCCC1. The predicted octanol–water partition coefficient (Wildman–Crippen LogP) is 2.11. The first-order chi connectivity index (χ1) is 6.29. The lowest BCUT2D eigenvalue weighted by atomic mass is 9.65. The summed E-state index contributed by atoms with van der Waals surface area (Å²) in [5.41, 5.74) is -0.512. The van der Waals surface area contributed by atoms with Crippen molar-refractivity contribution >= 4 is 12.6 Å². The Balaban J connectivity index is 2.22. The quantitative estimate of drug-likeness (QED) is 0.623. The molecule has 0 aromatic heterocycles. The molecule has 2 heteroatoms. The van der Waals surface area contributed by atoms with Crippen LogP contribution in [0, 0.1) is 10.8 Å². The Bertz CT molecular complexity index is 222. The molecule has 0 bridgehead atoms. The van der Waals surface area contributed by atoms with Crippen molar-refractivity contribution in [3.63, 3.8) is 0 Å². The Morgan fingerprint density at radius 1 is 0.692 bits per heavy atom. The number of carbonyl (C=O) groups is 2. The van der Waals surface area contributed by atoms with Crippen molar-refractivity contribution in [2.24, 2.45) is 10.8 Å². The molecule has 2 aliphatic carbocycles. The maximum atomic E-state index is 11.2. The van der Waals surface area contributed by atoms with Crippen LogP contribution in [-0.2, 0) is 9.59 Å². The van der Waals surface area contributed by atoms with E-state index in [1.165, 1.54) is 6.42 Å². The molecule has 0 aromatic rings. The van der Waals surface area contributed by atoms with Gasteiger partial charge in [0.25, 0.3) is 0 Å². The van der Waals surface area contributed by atoms with Gasteiger partial charge in [-0.3, -0.25) is 0 Å². The first-order valence-electron chi connectivity index (χ1n) is 5.21. The summed E-state index contributed by atoms with van der Waals surface area (Å²) in [6, 6.07) is 0. The molecule has 0 radical (unpaired) electrons. The number of rotatable bonds is 3. The molecule has 0 spiro atoms. The molecule has 0 unspecified atom stereocenters. The summed E-state index contributed by atoms with van der Waals surface area (Å²) in [5, 5.41) is 0. The van der Waals surface area contributed by atoms with Crippen LogP contribution >= 0.6 is 0 Å². The minimum atomic E-state index is -0.271. The molecule has 0 aromatic carbocycles. The van der Waals surface area contributed by atoms with Crippen LogP contribution in [0.15, 0.2) is 0 Å². The number of hydrogen-bond donors (Lipinski definition) is 0. The highest BCUT2D eigenvalue weighted by atomic mass is 16.1. The Labute approximate surface area is 78.7 Å². The van der Waals surface area contributed by atoms with Crippen molar-refractivity contribution in [1.82, 2.24) is 0 Å². The van der Waals surface area contributed by atoms with Crippen LogP contribution in [0.2, 0.25) is 0 Å². The maximum absolute atomic E-state index is 11.2. The monoisotopic (exact) mass is 180 g/mol. The summed E-state index contributed by atoms with van der Waals surface area (Å²) in [5.74, 6) is 0. The van der Waals surface area contributed by atoms with E-state index >= 15 is 0 Å². The average Bonchev–Trinajstić information content (AvgIpc) is 3.00. The molecule has 0 heterocycles. The standard InChI is InChI=1S/C11H16O2/c12-8-10(4-2-1-3-5-10)11(9-13)6-7-11/h8-9H,1-7H2. The van der Waals surface area contributed by atoms with Crippen LogP contribution in [0.4, 0.5) is 0 Å². The highest BCUT2D eigenvalue weighted by Crippen LogP contribution is 2.61. The molecule has 0 N–H and O–H groups in total. The van der Waals surface area contributed by atoms with Gasteiger partial charge >= 0.3 is 0 Å². The molecular weight excluding hydrogens is 164 g/mol. The van der Waals surface area contributed by atoms with Crippen LogP contribution in [0.5, 0.6) is 0 Å². The lowest BCUT2D eigenvalue weighted by Gasteiger charge is -2.36. The van der Waals surface area contributed by atoms with Crippen LogP contribution in [-0.4, -0.2) is 12.6 Å². The third-order valence-electron chi connectivity index (χ3n) is 3.98. The first-order valence-corrected chi connectivity index (χ1v) is 5.21. The molecule has 72 valence electrons. The van der Waals surface area contributed by atoms with Crippen LogP contribution < -0.4 is 0 Å². The Kier molecular flexibility index (Phi) is 2.01. The smallest absolute Gasteiger partial charge is 0.127 e. The third kappa shape index (κ3) is 1.15. The fraction of sp³-hybridized carbons (Fsp3) is 0.818. The van der Waals surface area contributed by atoms with Crippen molar-refractivity contribution < 1.29 is 9.59 Å². The lowest BCUT2D eigenvalue weighted by molar-refractivity contribution is -0.130. The second-order valence-corrected chi connectivity index (χ2v) is 4.61. The van der Waals surface area contributed by atoms with E-state index in [-0.39, 0.29) is 10.8 Å². The average molecular weight is 180 g/mol. The number of hydrogen-bond acceptors (Lipinski definition) is 2. The maximum Gasteiger partial charge on any atom is 0.127 e. The normalized spacial score (nSPS) is 29.2. The topological polar surface area (TPSA) is 34.1 Å². The molecule has 2 nitrogen and oxygen atoms in total. The fourth-order valence-electron chi connectivity index (χ4n) is 2.78. The molecular formula is C11H16O2. The summed E-state index contributed by atoms with van der Waals surface area (Å²) in [4.78, 5) is 22.2. The van der Waals surface area contributed by atoms with Gasteiger partial charge in [-0.05, 0) is 25.7 Å². The van der Waals surface area contributed by atoms with Crippen LogP contribution in [0.1, 0.15) is 44.9 Å². The molecule has 0 aliphatic heterocycles. The van der Waals surface area contributed by atoms with Gasteiger partial charge < -0.3 is 9.59 Å². The summed E-state index contributed by atoms with van der Waals surface area (Å²) in [7, 11) is 0. The zero-order valence-electron chi connectivity index (χ0n) is 7.92. The summed E-state index contributed by atoms with van der Waals surface area (Å²) < 4.78 is 0. The fourth-order valence-corrected chi connectivity index (χ4v) is 2.78. The van der Waals surface area contributed by atoms with Gasteiger partial charge in [0, 0.05) is 10.8 Å². The first kappa shape index (κ1) is 8.92. The van der Waals surface area contributed by atoms with Gasteiger partial charge in [0.1, 0.15) is 12.6 Å². The minimum absolute atomic E-state index is 0.241. The van der Waals surface area contributed by atoms with E-state index in [0.29, 0.717) is 0 Å². The van der Waals surface area contributed by atoms with E-state index in [1.54, 1.807) is 0 Å². The van der Waals surface area contributed by atoms with Crippen LogP contribution in [0.25, 0.3) is 0 Å². The molecule has 13 heavy (non-hydrogen) atoms. The van der Waals surface area contributed by atoms with E-state index in [9.17, 15) is 9.59 Å². The summed E-state index contributed by atoms with van der Waals surface area (Å²) >= 11 is 0. The summed E-state index contributed by atoms with van der Waals surface area (Å²) in [6.45, 7) is 0. The summed E-state index contributed by atoms with van der Waals surface area (Å²) in [6.07, 6.45) is 9.35. The van der Waals surface area contributed by atoms with Crippen molar-refractivity contribution in [2.75, 3.05) is 0 Å². The van der Waals surface area contributed by atoms with Gasteiger partial charge in [-0.1, -0.05) is 19.3 Å². The molecule has 2 rings (SSSR count). The molecule has 2 saturated carbocycles. The molecule has 0 saturated heterocycles. The highest BCUT2D eigenvalue weighted by molar-refractivity contribution is 5.76. The van der Waals surface area contributed by atoms with E-state index in [1.807, 2.05) is 0 Å². The Hall–Kier alpha value is -0.660. The van der Waals surface area contributed by atoms with E-state index in [0.717, 1.165) is 51.1 Å². The minimum Gasteiger partial charge on any atom is -0.303 e. The van der Waals surface area contributed by atoms with E-state index in [4.69, 9.17) is 0 Å². The second kappa shape index (κ2) is 2.93. The molecule has 0 atom stereocenters. The molecule has 0 amide bonds. The van der Waals surface area contributed by atoms with Crippen molar-refractivity contribution in [3.05, 3.63) is 0 Å². The van der Waals surface area contributed by atoms with Crippen molar-refractivity contribution in [2.45, 2.75) is 44.9 Å². The second-order valence-electron chi connectivity index (χ2n) is 4.61. The largest absolute Gasteiger partial charge is 0.303 e. The van der Waals surface area contributed by atoms with Gasteiger partial charge in [-0.25, -0.2) is 0 Å². The van der Waals surface area contributed by atoms with Crippen molar-refractivity contribution in [1.29, 1.82) is 0 Å². The zero-order valence-corrected chi connectivity index (χ0v) is 7.92. The molecule has 2 aliphatic rings. The zero-order chi connectivity index (χ0) is 9.36. The van der Waals surface area contributed by atoms with Gasteiger partial charge in [0.05, 0.1) is 0 Å². The highest BCUT2D eigenvalue weighted by Gasteiger charge is 2.59. The van der Waals surface area contributed by atoms with Gasteiger partial charge in [0.2, 0.25) is 0 Å². The number of aldehydes is 2. The lowest BCUT2D eigenvalue weighted by Crippen LogP contribution is -2.37. The predicted molar refractivity (Wildman–Crippen MR) is 49.3 cm³/mol. The molecule has 2 fully saturated rings. The number of carbonyl (C=O) groups excluding carboxylic acids is 2. The van der Waals surface area contributed by atoms with E-state index in [2.05, 4.69) is 0 Å². The van der Waals surface area contributed by atoms with E-state index < -0.39 is 0 Å². The Morgan fingerprint density at radius 3 is 1.54 bits per heavy atom. The van der Waals surface area contributed by atoms with Gasteiger partial charge in [-0.15, -0.1) is 0 Å². The Morgan fingerprint density at radius 2 is 1.15 bits per heavy atom. The van der Waals surface area contributed by atoms with Crippen LogP contribution in [0.3, 0.4) is 0 Å². The van der Waals surface area contributed by atoms with Gasteiger partial charge in [-0.2, -0.15) is 0 Å². The van der Waals surface area contributed by atoms with Gasteiger partial charge in [0.15, 0.2) is 0 Å². The van der Waals surface area contributed by atoms with Crippen molar-refractivity contribution in [3.8, 4) is 0 Å².